The summed E-state index contributed by atoms with van der Waals surface area (Å²) in [5.74, 6) is 0.546. The van der Waals surface area contributed by atoms with Crippen LogP contribution in [0.4, 0.5) is 10.1 Å². The summed E-state index contributed by atoms with van der Waals surface area (Å²) in [5.41, 5.74) is 8.73. The van der Waals surface area contributed by atoms with Gasteiger partial charge in [-0.2, -0.15) is 0 Å². The number of rotatable bonds is 5. The molecule has 0 amide bonds. The molecule has 0 heterocycles. The van der Waals surface area contributed by atoms with Crippen LogP contribution in [0.1, 0.15) is 30.9 Å². The van der Waals surface area contributed by atoms with Crippen molar-refractivity contribution in [2.75, 3.05) is 12.4 Å². The van der Waals surface area contributed by atoms with E-state index in [0.29, 0.717) is 18.4 Å². The van der Waals surface area contributed by atoms with Crippen LogP contribution in [0, 0.1) is 5.82 Å². The van der Waals surface area contributed by atoms with E-state index in [1.807, 2.05) is 18.2 Å². The molecule has 0 aliphatic carbocycles. The first-order valence-corrected chi connectivity index (χ1v) is 7.49. The highest BCUT2D eigenvalue weighted by molar-refractivity contribution is 5.92. The third-order valence-electron chi connectivity index (χ3n) is 3.47. The fourth-order valence-electron chi connectivity index (χ4n) is 2.15. The number of guanidine groups is 1. The molecule has 0 saturated heterocycles. The average molecular weight is 315 g/mol. The van der Waals surface area contributed by atoms with Gasteiger partial charge in [-0.15, -0.1) is 0 Å². The number of aliphatic imine (C=N–C) groups is 1. The first-order chi connectivity index (χ1) is 11.0. The lowest BCUT2D eigenvalue weighted by atomic mass is 10.0. The van der Waals surface area contributed by atoms with Crippen molar-refractivity contribution in [1.82, 2.24) is 0 Å². The number of halogens is 1. The van der Waals surface area contributed by atoms with E-state index in [9.17, 15) is 4.39 Å². The standard InChI is InChI=1S/C18H22FN3O/c1-12(2)14-5-4-6-15(10-14)22-18(20)21-11-13-7-8-17(23-3)16(19)9-13/h4-10,12H,11H2,1-3H3,(H3,20,21,22). The van der Waals surface area contributed by atoms with Gasteiger partial charge < -0.3 is 15.8 Å². The number of anilines is 1. The van der Waals surface area contributed by atoms with Gasteiger partial charge in [-0.05, 0) is 41.3 Å². The van der Waals surface area contributed by atoms with Crippen LogP contribution >= 0.6 is 0 Å². The van der Waals surface area contributed by atoms with Crippen LogP contribution in [-0.2, 0) is 6.54 Å². The SMILES string of the molecule is COc1ccc(CN=C(N)Nc2cccc(C(C)C)c2)cc1F. The van der Waals surface area contributed by atoms with E-state index < -0.39 is 5.82 Å². The minimum absolute atomic E-state index is 0.217. The summed E-state index contributed by atoms with van der Waals surface area (Å²) in [6, 6.07) is 12.8. The fraction of sp³-hybridized carbons (Fsp3) is 0.278. The molecule has 0 bridgehead atoms. The summed E-state index contributed by atoms with van der Waals surface area (Å²) < 4.78 is 18.5. The van der Waals surface area contributed by atoms with Crippen molar-refractivity contribution in [3.05, 3.63) is 59.4 Å². The molecule has 0 atom stereocenters. The van der Waals surface area contributed by atoms with Gasteiger partial charge in [-0.25, -0.2) is 9.38 Å². The number of hydrogen-bond acceptors (Lipinski definition) is 2. The van der Waals surface area contributed by atoms with Gasteiger partial charge in [0.25, 0.3) is 0 Å². The molecular weight excluding hydrogens is 293 g/mol. The second-order valence-electron chi connectivity index (χ2n) is 5.58. The van der Waals surface area contributed by atoms with E-state index in [1.165, 1.54) is 18.7 Å². The quantitative estimate of drug-likeness (QED) is 0.650. The molecule has 23 heavy (non-hydrogen) atoms. The third-order valence-corrected chi connectivity index (χ3v) is 3.47. The molecule has 0 saturated carbocycles. The molecule has 0 radical (unpaired) electrons. The maximum absolute atomic E-state index is 13.6. The molecule has 0 fully saturated rings. The zero-order valence-electron chi connectivity index (χ0n) is 13.6. The van der Waals surface area contributed by atoms with Gasteiger partial charge in [-0.3, -0.25) is 0 Å². The number of nitrogens with two attached hydrogens (primary N) is 1. The predicted octanol–water partition coefficient (Wildman–Crippen LogP) is 3.88. The molecule has 2 rings (SSSR count). The highest BCUT2D eigenvalue weighted by atomic mass is 19.1. The molecule has 122 valence electrons. The van der Waals surface area contributed by atoms with Crippen molar-refractivity contribution in [1.29, 1.82) is 0 Å². The molecular formula is C18H22FN3O. The molecule has 2 aromatic rings. The van der Waals surface area contributed by atoms with Crippen LogP contribution < -0.4 is 15.8 Å². The maximum Gasteiger partial charge on any atom is 0.193 e. The molecule has 3 N–H and O–H groups in total. The summed E-state index contributed by atoms with van der Waals surface area (Å²) >= 11 is 0. The van der Waals surface area contributed by atoms with E-state index in [-0.39, 0.29) is 5.75 Å². The molecule has 0 spiro atoms. The van der Waals surface area contributed by atoms with Crippen molar-refractivity contribution in [3.63, 3.8) is 0 Å². The minimum atomic E-state index is -0.406. The Kier molecular flexibility index (Phi) is 5.57. The number of hydrogen-bond donors (Lipinski definition) is 2. The van der Waals surface area contributed by atoms with Crippen LogP contribution in [0.3, 0.4) is 0 Å². The van der Waals surface area contributed by atoms with Crippen molar-refractivity contribution in [2.45, 2.75) is 26.3 Å². The molecule has 4 nitrogen and oxygen atoms in total. The third kappa shape index (κ3) is 4.71. The number of benzene rings is 2. The molecule has 0 aliphatic heterocycles. The average Bonchev–Trinajstić information content (AvgIpc) is 2.53. The molecule has 5 heteroatoms. The fourth-order valence-corrected chi connectivity index (χ4v) is 2.15. The lowest BCUT2D eigenvalue weighted by Gasteiger charge is -2.10. The van der Waals surface area contributed by atoms with Gasteiger partial charge in [0.15, 0.2) is 17.5 Å². The number of methoxy groups -OCH3 is 1. The molecule has 2 aromatic carbocycles. The largest absolute Gasteiger partial charge is 0.494 e. The smallest absolute Gasteiger partial charge is 0.193 e. The monoisotopic (exact) mass is 315 g/mol. The summed E-state index contributed by atoms with van der Waals surface area (Å²) in [6.07, 6.45) is 0. The van der Waals surface area contributed by atoms with Gasteiger partial charge in [0.1, 0.15) is 0 Å². The normalized spacial score (nSPS) is 11.6. The maximum atomic E-state index is 13.6. The van der Waals surface area contributed by atoms with Gasteiger partial charge >= 0.3 is 0 Å². The van der Waals surface area contributed by atoms with Crippen LogP contribution in [0.15, 0.2) is 47.5 Å². The summed E-state index contributed by atoms with van der Waals surface area (Å²) in [4.78, 5) is 4.24. The first-order valence-electron chi connectivity index (χ1n) is 7.49. The van der Waals surface area contributed by atoms with Gasteiger partial charge in [0, 0.05) is 5.69 Å². The zero-order valence-corrected chi connectivity index (χ0v) is 13.6. The van der Waals surface area contributed by atoms with Gasteiger partial charge in [0.2, 0.25) is 0 Å². The number of ether oxygens (including phenoxy) is 1. The van der Waals surface area contributed by atoms with Gasteiger partial charge in [-0.1, -0.05) is 32.0 Å². The summed E-state index contributed by atoms with van der Waals surface area (Å²) in [6.45, 7) is 4.56. The summed E-state index contributed by atoms with van der Waals surface area (Å²) in [7, 11) is 1.43. The van der Waals surface area contributed by atoms with E-state index in [1.54, 1.807) is 12.1 Å². The van der Waals surface area contributed by atoms with Crippen molar-refractivity contribution in [3.8, 4) is 5.75 Å². The van der Waals surface area contributed by atoms with Crippen LogP contribution in [0.5, 0.6) is 5.75 Å². The van der Waals surface area contributed by atoms with Crippen molar-refractivity contribution >= 4 is 11.6 Å². The van der Waals surface area contributed by atoms with Crippen molar-refractivity contribution in [2.24, 2.45) is 10.7 Å². The summed E-state index contributed by atoms with van der Waals surface area (Å²) in [5, 5.41) is 3.05. The Labute approximate surface area is 136 Å². The topological polar surface area (TPSA) is 59.6 Å². The van der Waals surface area contributed by atoms with E-state index in [0.717, 1.165) is 11.3 Å². The second kappa shape index (κ2) is 7.63. The Balaban J connectivity index is 2.03. The molecule has 0 aliphatic rings. The van der Waals surface area contributed by atoms with E-state index >= 15 is 0 Å². The second-order valence-corrected chi connectivity index (χ2v) is 5.58. The van der Waals surface area contributed by atoms with Gasteiger partial charge in [0.05, 0.1) is 13.7 Å². The lowest BCUT2D eigenvalue weighted by molar-refractivity contribution is 0.386. The Hall–Kier alpha value is -2.56. The Bertz CT molecular complexity index is 698. The lowest BCUT2D eigenvalue weighted by Crippen LogP contribution is -2.22. The van der Waals surface area contributed by atoms with Crippen LogP contribution in [0.25, 0.3) is 0 Å². The Morgan fingerprint density at radius 1 is 1.26 bits per heavy atom. The van der Waals surface area contributed by atoms with E-state index in [2.05, 4.69) is 30.2 Å². The molecule has 0 aromatic heterocycles. The Morgan fingerprint density at radius 2 is 2.04 bits per heavy atom. The van der Waals surface area contributed by atoms with E-state index in [4.69, 9.17) is 10.5 Å². The zero-order chi connectivity index (χ0) is 16.8. The van der Waals surface area contributed by atoms with Crippen LogP contribution in [-0.4, -0.2) is 13.1 Å². The number of nitrogens with one attached hydrogen (secondary N) is 1. The van der Waals surface area contributed by atoms with Crippen LogP contribution in [0.2, 0.25) is 0 Å². The highest BCUT2D eigenvalue weighted by Crippen LogP contribution is 2.19. The predicted molar refractivity (Wildman–Crippen MR) is 92.4 cm³/mol. The Morgan fingerprint density at radius 3 is 2.70 bits per heavy atom. The number of nitrogens with zero attached hydrogens (tertiary/aromatic N) is 1. The van der Waals surface area contributed by atoms with Crippen molar-refractivity contribution < 1.29 is 9.13 Å². The highest BCUT2D eigenvalue weighted by Gasteiger charge is 2.04. The minimum Gasteiger partial charge on any atom is -0.494 e. The molecule has 0 unspecified atom stereocenters. The first kappa shape index (κ1) is 16.8.